The Balaban J connectivity index is 1.46. The smallest absolute Gasteiger partial charge is 0.326 e. The van der Waals surface area contributed by atoms with E-state index in [0.29, 0.717) is 30.4 Å². The second-order valence-corrected chi connectivity index (χ2v) is 8.54. The molecule has 12 nitrogen and oxygen atoms in total. The molecule has 3 heterocycles. The van der Waals surface area contributed by atoms with Gasteiger partial charge < -0.3 is 31.5 Å². The molecule has 3 atom stereocenters. The number of nitrogen functional groups attached to an aromatic ring is 1. The Morgan fingerprint density at radius 2 is 1.97 bits per heavy atom. The first kappa shape index (κ1) is 23.1. The van der Waals surface area contributed by atoms with Gasteiger partial charge in [0.1, 0.15) is 11.9 Å². The zero-order valence-corrected chi connectivity index (χ0v) is 18.3. The fourth-order valence-electron chi connectivity index (χ4n) is 4.60. The number of hydrogen-bond donors (Lipinski definition) is 6. The number of carbonyl (C=O) groups is 3. The minimum Gasteiger partial charge on any atom is -0.481 e. The van der Waals surface area contributed by atoms with Crippen molar-refractivity contribution in [2.75, 3.05) is 35.6 Å². The Hall–Kier alpha value is -4.09. The van der Waals surface area contributed by atoms with E-state index < -0.39 is 23.9 Å². The van der Waals surface area contributed by atoms with E-state index in [-0.39, 0.29) is 35.8 Å². The van der Waals surface area contributed by atoms with E-state index >= 15 is 0 Å². The van der Waals surface area contributed by atoms with Crippen LogP contribution in [0.1, 0.15) is 41.1 Å². The average Bonchev–Trinajstić information content (AvgIpc) is 2.80. The van der Waals surface area contributed by atoms with Crippen molar-refractivity contribution in [2.24, 2.45) is 5.92 Å². The number of nitrogens with two attached hydrogens (primary N) is 1. The van der Waals surface area contributed by atoms with E-state index in [4.69, 9.17) is 10.8 Å². The normalized spacial score (nSPS) is 19.8. The summed E-state index contributed by atoms with van der Waals surface area (Å²) in [5.41, 5.74) is 7.18. The summed E-state index contributed by atoms with van der Waals surface area (Å²) in [5, 5.41) is 23.6. The molecule has 0 bridgehead atoms. The molecule has 1 aromatic heterocycles. The van der Waals surface area contributed by atoms with Crippen LogP contribution in [0.5, 0.6) is 0 Å². The molecule has 2 aromatic rings. The van der Waals surface area contributed by atoms with Crippen LogP contribution in [-0.4, -0.2) is 63.7 Å². The summed E-state index contributed by atoms with van der Waals surface area (Å²) >= 11 is 0. The van der Waals surface area contributed by atoms with Gasteiger partial charge in [0.25, 0.3) is 11.5 Å². The molecule has 2 unspecified atom stereocenters. The summed E-state index contributed by atoms with van der Waals surface area (Å²) in [4.78, 5) is 56.0. The van der Waals surface area contributed by atoms with Crippen molar-refractivity contribution >= 4 is 35.3 Å². The van der Waals surface area contributed by atoms with Crippen molar-refractivity contribution in [1.29, 1.82) is 0 Å². The van der Waals surface area contributed by atoms with Crippen molar-refractivity contribution in [3.05, 3.63) is 45.7 Å². The number of nitrogens with zero attached hydrogens (tertiary/aromatic N) is 2. The molecule has 180 valence electrons. The lowest BCUT2D eigenvalue weighted by molar-refractivity contribution is -0.140. The number of fused-ring (bicyclic) bond motifs is 3. The Kier molecular flexibility index (Phi) is 6.39. The first-order chi connectivity index (χ1) is 16.2. The Morgan fingerprint density at radius 1 is 1.24 bits per heavy atom. The monoisotopic (exact) mass is 470 g/mol. The molecule has 1 fully saturated rings. The number of H-pyrrole nitrogens is 1. The molecule has 2 aliphatic rings. The highest BCUT2D eigenvalue weighted by atomic mass is 16.4. The minimum atomic E-state index is -1.29. The number of aromatic nitrogens is 2. The fourth-order valence-corrected chi connectivity index (χ4v) is 4.60. The van der Waals surface area contributed by atoms with Gasteiger partial charge in [-0.2, -0.15) is 4.98 Å². The summed E-state index contributed by atoms with van der Waals surface area (Å²) in [6.45, 7) is 2.10. The number of aliphatic carboxylic acids is 2. The average molecular weight is 470 g/mol. The largest absolute Gasteiger partial charge is 0.481 e. The highest BCUT2D eigenvalue weighted by molar-refractivity contribution is 5.97. The van der Waals surface area contributed by atoms with Gasteiger partial charge >= 0.3 is 11.9 Å². The topological polar surface area (TPSA) is 191 Å². The summed E-state index contributed by atoms with van der Waals surface area (Å²) in [7, 11) is 0. The summed E-state index contributed by atoms with van der Waals surface area (Å²) in [6, 6.07) is 5.45. The van der Waals surface area contributed by atoms with E-state index in [9.17, 15) is 24.3 Å². The Labute approximate surface area is 194 Å². The number of aromatic amines is 1. The number of benzene rings is 1. The van der Waals surface area contributed by atoms with Gasteiger partial charge in [-0.05, 0) is 43.0 Å². The van der Waals surface area contributed by atoms with Gasteiger partial charge in [-0.25, -0.2) is 4.79 Å². The first-order valence-electron chi connectivity index (χ1n) is 11.0. The molecular formula is C22H26N6O6. The van der Waals surface area contributed by atoms with Crippen molar-refractivity contribution in [1.82, 2.24) is 15.3 Å². The zero-order chi connectivity index (χ0) is 24.4. The molecule has 1 aromatic carbocycles. The second kappa shape index (κ2) is 9.41. The number of amides is 1. The van der Waals surface area contributed by atoms with E-state index in [2.05, 4.69) is 25.5 Å². The highest BCUT2D eigenvalue weighted by Crippen LogP contribution is 2.38. The van der Waals surface area contributed by atoms with Crippen molar-refractivity contribution < 1.29 is 24.6 Å². The van der Waals surface area contributed by atoms with E-state index in [1.54, 1.807) is 24.3 Å². The lowest BCUT2D eigenvalue weighted by atomic mass is 9.79. The fraction of sp³-hybridized carbons (Fsp3) is 0.409. The third-order valence-corrected chi connectivity index (χ3v) is 6.38. The van der Waals surface area contributed by atoms with Gasteiger partial charge in [-0.3, -0.25) is 19.4 Å². The summed E-state index contributed by atoms with van der Waals surface area (Å²) in [5.74, 6) is -2.15. The van der Waals surface area contributed by atoms with Gasteiger partial charge in [0, 0.05) is 43.2 Å². The predicted molar refractivity (Wildman–Crippen MR) is 123 cm³/mol. The van der Waals surface area contributed by atoms with Crippen LogP contribution >= 0.6 is 0 Å². The molecule has 0 aliphatic carbocycles. The lowest BCUT2D eigenvalue weighted by Crippen LogP contribution is -2.46. The zero-order valence-electron chi connectivity index (χ0n) is 18.3. The summed E-state index contributed by atoms with van der Waals surface area (Å²) < 4.78 is 0. The number of carboxylic acids is 2. The molecule has 0 spiro atoms. The van der Waals surface area contributed by atoms with Gasteiger partial charge in [-0.1, -0.05) is 0 Å². The minimum absolute atomic E-state index is 0.0182. The molecule has 0 saturated carbocycles. The van der Waals surface area contributed by atoms with Gasteiger partial charge in [0.2, 0.25) is 5.95 Å². The number of nitrogens with one attached hydrogen (secondary N) is 3. The maximum atomic E-state index is 12.6. The van der Waals surface area contributed by atoms with Crippen LogP contribution in [0.2, 0.25) is 0 Å². The van der Waals surface area contributed by atoms with Gasteiger partial charge in [0.05, 0.1) is 5.56 Å². The molecule has 2 aliphatic heterocycles. The number of anilines is 3. The number of rotatable bonds is 7. The SMILES string of the molecule is Nc1nc2c(c(=O)[nH]1)C1CN(c3ccc(C(=O)N[C@@H](CCC(=O)O)C(=O)O)cc3)CCC1CN2. The van der Waals surface area contributed by atoms with Crippen LogP contribution in [0.3, 0.4) is 0 Å². The van der Waals surface area contributed by atoms with Crippen LogP contribution in [0.25, 0.3) is 0 Å². The van der Waals surface area contributed by atoms with Crippen molar-refractivity contribution in [3.8, 4) is 0 Å². The van der Waals surface area contributed by atoms with Crippen molar-refractivity contribution in [3.63, 3.8) is 0 Å². The Bertz CT molecular complexity index is 1160. The molecule has 12 heteroatoms. The number of hydrogen-bond acceptors (Lipinski definition) is 8. The quantitative estimate of drug-likeness (QED) is 0.331. The van der Waals surface area contributed by atoms with Crippen LogP contribution < -0.4 is 26.8 Å². The Morgan fingerprint density at radius 3 is 2.65 bits per heavy atom. The predicted octanol–water partition coefficient (Wildman–Crippen LogP) is 0.436. The van der Waals surface area contributed by atoms with E-state index in [1.807, 2.05) is 0 Å². The highest BCUT2D eigenvalue weighted by Gasteiger charge is 2.37. The molecule has 1 saturated heterocycles. The lowest BCUT2D eigenvalue weighted by Gasteiger charge is -2.42. The number of piperidine rings is 1. The molecule has 0 radical (unpaired) electrons. The molecular weight excluding hydrogens is 444 g/mol. The third-order valence-electron chi connectivity index (χ3n) is 6.38. The molecule has 4 rings (SSSR count). The van der Waals surface area contributed by atoms with Gasteiger partial charge in [-0.15, -0.1) is 0 Å². The van der Waals surface area contributed by atoms with Crippen LogP contribution in [-0.2, 0) is 9.59 Å². The van der Waals surface area contributed by atoms with Crippen molar-refractivity contribution in [2.45, 2.75) is 31.2 Å². The van der Waals surface area contributed by atoms with Crippen LogP contribution in [0.4, 0.5) is 17.5 Å². The van der Waals surface area contributed by atoms with Crippen LogP contribution in [0.15, 0.2) is 29.1 Å². The van der Waals surface area contributed by atoms with Crippen LogP contribution in [0, 0.1) is 5.92 Å². The van der Waals surface area contributed by atoms with E-state index in [1.165, 1.54) is 0 Å². The van der Waals surface area contributed by atoms with E-state index in [0.717, 1.165) is 18.7 Å². The standard InChI is InChI=1S/C22H26N6O6/c23-22-26-18-17(20(32)27-22)14-10-28(8-7-12(14)9-24-18)13-3-1-11(2-4-13)19(31)25-15(21(33)34)5-6-16(29)30/h1-4,12,14-15H,5-10H2,(H,25,31)(H,29,30)(H,33,34)(H4,23,24,26,27,32)/t12?,14?,15-/m0/s1. The maximum Gasteiger partial charge on any atom is 0.326 e. The maximum absolute atomic E-state index is 12.6. The first-order valence-corrected chi connectivity index (χ1v) is 11.0. The second-order valence-electron chi connectivity index (χ2n) is 8.54. The molecule has 1 amide bonds. The molecule has 7 N–H and O–H groups in total. The molecule has 34 heavy (non-hydrogen) atoms. The van der Waals surface area contributed by atoms with Gasteiger partial charge in [0.15, 0.2) is 0 Å². The number of carboxylic acid groups (broad SMARTS) is 2. The third kappa shape index (κ3) is 4.80. The number of carbonyl (C=O) groups excluding carboxylic acids is 1. The summed E-state index contributed by atoms with van der Waals surface area (Å²) in [6.07, 6.45) is 0.296.